The van der Waals surface area contributed by atoms with Gasteiger partial charge in [-0.25, -0.2) is 9.78 Å². The van der Waals surface area contributed by atoms with Crippen LogP contribution in [0.5, 0.6) is 0 Å². The molecule has 8 heteroatoms. The third kappa shape index (κ3) is 4.08. The highest BCUT2D eigenvalue weighted by molar-refractivity contribution is 5.76. The minimum absolute atomic E-state index is 0.217. The molecule has 0 radical (unpaired) electrons. The van der Waals surface area contributed by atoms with E-state index in [2.05, 4.69) is 25.8 Å². The number of carboxylic acids is 1. The third-order valence-corrected chi connectivity index (χ3v) is 3.06. The summed E-state index contributed by atoms with van der Waals surface area (Å²) in [6.07, 6.45) is 6.64. The van der Waals surface area contributed by atoms with Crippen molar-refractivity contribution in [3.63, 3.8) is 0 Å². The van der Waals surface area contributed by atoms with Crippen LogP contribution >= 0.6 is 0 Å². The summed E-state index contributed by atoms with van der Waals surface area (Å²) in [5.74, 6) is -0.583. The number of amides is 2. The molecule has 0 spiro atoms. The molecular formula is C12H17N5O3. The summed E-state index contributed by atoms with van der Waals surface area (Å²) < 4.78 is 0. The highest BCUT2D eigenvalue weighted by Crippen LogP contribution is 2.17. The molecule has 0 saturated carbocycles. The molecule has 2 unspecified atom stereocenters. The number of carbonyl (C=O) groups excluding carboxylic acids is 1. The van der Waals surface area contributed by atoms with Gasteiger partial charge in [0.25, 0.3) is 0 Å². The van der Waals surface area contributed by atoms with Gasteiger partial charge in [0.1, 0.15) is 12.2 Å². The molecule has 1 aromatic heterocycles. The molecule has 0 aromatic carbocycles. The fourth-order valence-corrected chi connectivity index (χ4v) is 2.02. The zero-order valence-electron chi connectivity index (χ0n) is 10.9. The van der Waals surface area contributed by atoms with E-state index in [1.54, 1.807) is 12.2 Å². The van der Waals surface area contributed by atoms with Crippen LogP contribution in [0.15, 0.2) is 18.5 Å². The zero-order chi connectivity index (χ0) is 14.4. The predicted molar refractivity (Wildman–Crippen MR) is 69.9 cm³/mol. The van der Waals surface area contributed by atoms with E-state index in [1.165, 1.54) is 6.33 Å². The van der Waals surface area contributed by atoms with Gasteiger partial charge in [0.05, 0.1) is 12.0 Å². The monoisotopic (exact) mass is 279 g/mol. The number of hydrogen-bond donors (Lipinski definition) is 4. The van der Waals surface area contributed by atoms with E-state index in [9.17, 15) is 9.59 Å². The van der Waals surface area contributed by atoms with Crippen LogP contribution < -0.4 is 10.6 Å². The van der Waals surface area contributed by atoms with E-state index in [-0.39, 0.29) is 12.1 Å². The molecule has 1 aliphatic rings. The number of aromatic amines is 1. The molecule has 0 saturated heterocycles. The van der Waals surface area contributed by atoms with Gasteiger partial charge in [-0.15, -0.1) is 0 Å². The maximum absolute atomic E-state index is 11.6. The molecule has 8 nitrogen and oxygen atoms in total. The fourth-order valence-electron chi connectivity index (χ4n) is 2.02. The SMILES string of the molecule is O=C(NCCCc1ncn[nH]1)NC1C=CC(C(=O)O)C1. The number of carboxylic acid groups (broad SMARTS) is 1. The van der Waals surface area contributed by atoms with E-state index in [0.717, 1.165) is 12.2 Å². The Kier molecular flexibility index (Phi) is 4.70. The van der Waals surface area contributed by atoms with E-state index in [0.29, 0.717) is 19.4 Å². The van der Waals surface area contributed by atoms with Gasteiger partial charge in [-0.2, -0.15) is 5.10 Å². The van der Waals surface area contributed by atoms with Crippen LogP contribution in [0.25, 0.3) is 0 Å². The Morgan fingerprint density at radius 1 is 1.45 bits per heavy atom. The minimum atomic E-state index is -0.863. The molecule has 2 atom stereocenters. The zero-order valence-corrected chi connectivity index (χ0v) is 10.9. The third-order valence-electron chi connectivity index (χ3n) is 3.06. The van der Waals surface area contributed by atoms with E-state index in [4.69, 9.17) is 5.11 Å². The first kappa shape index (κ1) is 14.0. The molecule has 2 amide bonds. The largest absolute Gasteiger partial charge is 0.481 e. The van der Waals surface area contributed by atoms with Crippen molar-refractivity contribution in [2.24, 2.45) is 5.92 Å². The Balaban J connectivity index is 1.59. The van der Waals surface area contributed by atoms with E-state index in [1.807, 2.05) is 0 Å². The number of rotatable bonds is 6. The molecule has 2 rings (SSSR count). The molecule has 108 valence electrons. The Morgan fingerprint density at radius 3 is 2.95 bits per heavy atom. The lowest BCUT2D eigenvalue weighted by atomic mass is 10.1. The average molecular weight is 279 g/mol. The van der Waals surface area contributed by atoms with Crippen molar-refractivity contribution in [1.29, 1.82) is 0 Å². The smallest absolute Gasteiger partial charge is 0.315 e. The summed E-state index contributed by atoms with van der Waals surface area (Å²) >= 11 is 0. The molecule has 0 bridgehead atoms. The first-order chi connectivity index (χ1) is 9.65. The van der Waals surface area contributed by atoms with Crippen LogP contribution in [-0.4, -0.2) is 44.9 Å². The molecule has 20 heavy (non-hydrogen) atoms. The van der Waals surface area contributed by atoms with Crippen molar-refractivity contribution < 1.29 is 14.7 Å². The number of aliphatic carboxylic acids is 1. The maximum Gasteiger partial charge on any atom is 0.315 e. The van der Waals surface area contributed by atoms with Crippen molar-refractivity contribution in [3.8, 4) is 0 Å². The summed E-state index contributed by atoms with van der Waals surface area (Å²) in [5, 5.41) is 20.8. The normalized spacial score (nSPS) is 20.8. The Bertz CT molecular complexity index is 485. The standard InChI is InChI=1S/C12H17N5O3/c18-11(19)8-3-4-9(6-8)16-12(20)13-5-1-2-10-14-7-15-17-10/h3-4,7-9H,1-2,5-6H2,(H,18,19)(H2,13,16,20)(H,14,15,17). The molecular weight excluding hydrogens is 262 g/mol. The average Bonchev–Trinajstić information content (AvgIpc) is 3.05. The quantitative estimate of drug-likeness (QED) is 0.434. The Morgan fingerprint density at radius 2 is 2.30 bits per heavy atom. The second-order valence-corrected chi connectivity index (χ2v) is 4.61. The van der Waals surface area contributed by atoms with Gasteiger partial charge in [-0.05, 0) is 12.8 Å². The van der Waals surface area contributed by atoms with Crippen LogP contribution in [0, 0.1) is 5.92 Å². The lowest BCUT2D eigenvalue weighted by Gasteiger charge is -2.12. The van der Waals surface area contributed by atoms with E-state index >= 15 is 0 Å². The number of nitrogens with zero attached hydrogens (tertiary/aromatic N) is 2. The highest BCUT2D eigenvalue weighted by Gasteiger charge is 2.25. The van der Waals surface area contributed by atoms with Crippen molar-refractivity contribution in [3.05, 3.63) is 24.3 Å². The molecule has 0 fully saturated rings. The van der Waals surface area contributed by atoms with Crippen molar-refractivity contribution >= 4 is 12.0 Å². The molecule has 1 aromatic rings. The number of urea groups is 1. The van der Waals surface area contributed by atoms with Crippen LogP contribution in [0.4, 0.5) is 4.79 Å². The summed E-state index contributed by atoms with van der Waals surface area (Å²) in [4.78, 5) is 26.3. The highest BCUT2D eigenvalue weighted by atomic mass is 16.4. The van der Waals surface area contributed by atoms with Gasteiger partial charge in [-0.3, -0.25) is 9.89 Å². The van der Waals surface area contributed by atoms with Gasteiger partial charge in [0, 0.05) is 13.0 Å². The second-order valence-electron chi connectivity index (χ2n) is 4.61. The summed E-state index contributed by atoms with van der Waals surface area (Å²) in [5.41, 5.74) is 0. The number of H-pyrrole nitrogens is 1. The fraction of sp³-hybridized carbons (Fsp3) is 0.500. The maximum atomic E-state index is 11.6. The molecule has 1 heterocycles. The Hall–Kier alpha value is -2.38. The second kappa shape index (κ2) is 6.69. The number of carbonyl (C=O) groups is 2. The van der Waals surface area contributed by atoms with Crippen LogP contribution in [-0.2, 0) is 11.2 Å². The number of aromatic nitrogens is 3. The number of nitrogens with one attached hydrogen (secondary N) is 3. The summed E-state index contributed by atoms with van der Waals surface area (Å²) in [6, 6.07) is -0.506. The first-order valence-electron chi connectivity index (χ1n) is 6.45. The van der Waals surface area contributed by atoms with Crippen molar-refractivity contribution in [1.82, 2.24) is 25.8 Å². The molecule has 1 aliphatic carbocycles. The van der Waals surface area contributed by atoms with Crippen LogP contribution in [0.3, 0.4) is 0 Å². The number of aryl methyl sites for hydroxylation is 1. The van der Waals surface area contributed by atoms with Gasteiger partial charge in [0.15, 0.2) is 0 Å². The van der Waals surface area contributed by atoms with Gasteiger partial charge >= 0.3 is 12.0 Å². The first-order valence-corrected chi connectivity index (χ1v) is 6.45. The van der Waals surface area contributed by atoms with Gasteiger partial charge in [0.2, 0.25) is 0 Å². The topological polar surface area (TPSA) is 120 Å². The number of hydrogen-bond acceptors (Lipinski definition) is 4. The molecule has 4 N–H and O–H groups in total. The van der Waals surface area contributed by atoms with Crippen molar-refractivity contribution in [2.45, 2.75) is 25.3 Å². The minimum Gasteiger partial charge on any atom is -0.481 e. The van der Waals surface area contributed by atoms with Crippen LogP contribution in [0.1, 0.15) is 18.7 Å². The molecule has 0 aliphatic heterocycles. The predicted octanol–water partition coefficient (Wildman–Crippen LogP) is 0.0658. The lowest BCUT2D eigenvalue weighted by Crippen LogP contribution is -2.41. The van der Waals surface area contributed by atoms with Gasteiger partial charge in [-0.1, -0.05) is 12.2 Å². The summed E-state index contributed by atoms with van der Waals surface area (Å²) in [6.45, 7) is 0.519. The van der Waals surface area contributed by atoms with Gasteiger partial charge < -0.3 is 15.7 Å². The Labute approximate surface area is 115 Å². The lowest BCUT2D eigenvalue weighted by molar-refractivity contribution is -0.140. The summed E-state index contributed by atoms with van der Waals surface area (Å²) in [7, 11) is 0. The van der Waals surface area contributed by atoms with E-state index < -0.39 is 11.9 Å². The van der Waals surface area contributed by atoms with Crippen molar-refractivity contribution in [2.75, 3.05) is 6.54 Å². The van der Waals surface area contributed by atoms with Crippen LogP contribution in [0.2, 0.25) is 0 Å².